The number of nitrogens with zero attached hydrogens (tertiary/aromatic N) is 2. The molecule has 1 unspecified atom stereocenters. The molecule has 0 saturated carbocycles. The molecule has 0 aliphatic carbocycles. The van der Waals surface area contributed by atoms with E-state index in [1.165, 1.54) is 11.3 Å². The fraction of sp³-hybridized carbons (Fsp3) is 0.300. The van der Waals surface area contributed by atoms with Crippen molar-refractivity contribution in [2.24, 2.45) is 5.73 Å². The maximum atomic E-state index is 11.8. The number of rotatable bonds is 3. The SMILES string of the molecule is Cc1cc(NC(=O)c2csc(C(C)N)n2)on1. The van der Waals surface area contributed by atoms with E-state index in [0.29, 0.717) is 17.3 Å². The molecule has 3 N–H and O–H groups in total. The molecule has 0 bridgehead atoms. The summed E-state index contributed by atoms with van der Waals surface area (Å²) in [5.41, 5.74) is 6.70. The van der Waals surface area contributed by atoms with E-state index in [9.17, 15) is 4.79 Å². The largest absolute Gasteiger partial charge is 0.338 e. The first-order valence-electron chi connectivity index (χ1n) is 5.02. The van der Waals surface area contributed by atoms with Crippen LogP contribution in [-0.2, 0) is 0 Å². The summed E-state index contributed by atoms with van der Waals surface area (Å²) in [5.74, 6) is -0.0212. The van der Waals surface area contributed by atoms with Crippen molar-refractivity contribution in [1.82, 2.24) is 10.1 Å². The lowest BCUT2D eigenvalue weighted by molar-refractivity contribution is 0.101. The number of anilines is 1. The fourth-order valence-corrected chi connectivity index (χ4v) is 1.96. The molecule has 0 radical (unpaired) electrons. The second kappa shape index (κ2) is 4.64. The predicted octanol–water partition coefficient (Wildman–Crippen LogP) is 1.71. The summed E-state index contributed by atoms with van der Waals surface area (Å²) in [6.45, 7) is 3.59. The monoisotopic (exact) mass is 252 g/mol. The van der Waals surface area contributed by atoms with Crippen LogP contribution in [0.5, 0.6) is 0 Å². The Labute approximate surface area is 102 Å². The summed E-state index contributed by atoms with van der Waals surface area (Å²) in [6.07, 6.45) is 0. The maximum Gasteiger partial charge on any atom is 0.277 e. The number of nitrogens with two attached hydrogens (primary N) is 1. The summed E-state index contributed by atoms with van der Waals surface area (Å²) in [4.78, 5) is 15.9. The van der Waals surface area contributed by atoms with Gasteiger partial charge >= 0.3 is 0 Å². The van der Waals surface area contributed by atoms with Gasteiger partial charge in [0.2, 0.25) is 5.88 Å². The molecule has 90 valence electrons. The first-order valence-corrected chi connectivity index (χ1v) is 5.90. The Balaban J connectivity index is 2.09. The van der Waals surface area contributed by atoms with Crippen molar-refractivity contribution in [3.63, 3.8) is 0 Å². The summed E-state index contributed by atoms with van der Waals surface area (Å²) in [7, 11) is 0. The third-order valence-electron chi connectivity index (χ3n) is 2.01. The van der Waals surface area contributed by atoms with Gasteiger partial charge < -0.3 is 10.3 Å². The standard InChI is InChI=1S/C10H12N4O2S/c1-5-3-8(16-14-5)13-9(15)7-4-17-10(12-7)6(2)11/h3-4,6H,11H2,1-2H3,(H,13,15). The number of carbonyl (C=O) groups excluding carboxylic acids is 1. The lowest BCUT2D eigenvalue weighted by Gasteiger charge is -1.98. The zero-order valence-corrected chi connectivity index (χ0v) is 10.2. The highest BCUT2D eigenvalue weighted by atomic mass is 32.1. The van der Waals surface area contributed by atoms with Crippen LogP contribution in [0.3, 0.4) is 0 Å². The molecule has 0 aliphatic rings. The molecule has 1 amide bonds. The van der Waals surface area contributed by atoms with E-state index in [4.69, 9.17) is 10.3 Å². The molecular formula is C10H12N4O2S. The minimum atomic E-state index is -0.329. The van der Waals surface area contributed by atoms with E-state index in [0.717, 1.165) is 5.01 Å². The van der Waals surface area contributed by atoms with Crippen molar-refractivity contribution in [2.75, 3.05) is 5.32 Å². The number of nitrogens with one attached hydrogen (secondary N) is 1. The normalized spacial score (nSPS) is 12.4. The first-order chi connectivity index (χ1) is 8.06. The van der Waals surface area contributed by atoms with Gasteiger partial charge in [0, 0.05) is 11.4 Å². The molecule has 0 spiro atoms. The maximum absolute atomic E-state index is 11.8. The van der Waals surface area contributed by atoms with Gasteiger partial charge in [-0.25, -0.2) is 4.98 Å². The molecule has 2 rings (SSSR count). The van der Waals surface area contributed by atoms with E-state index in [2.05, 4.69) is 15.5 Å². The van der Waals surface area contributed by atoms with Gasteiger partial charge in [0.15, 0.2) is 0 Å². The number of aromatic nitrogens is 2. The highest BCUT2D eigenvalue weighted by molar-refractivity contribution is 7.09. The molecular weight excluding hydrogens is 240 g/mol. The Morgan fingerprint density at radius 3 is 2.94 bits per heavy atom. The van der Waals surface area contributed by atoms with Crippen molar-refractivity contribution < 1.29 is 9.32 Å². The smallest absolute Gasteiger partial charge is 0.277 e. The van der Waals surface area contributed by atoms with Crippen molar-refractivity contribution in [3.8, 4) is 0 Å². The van der Waals surface area contributed by atoms with Crippen LogP contribution in [0.25, 0.3) is 0 Å². The number of aryl methyl sites for hydroxylation is 1. The Bertz CT molecular complexity index is 532. The number of hydrogen-bond acceptors (Lipinski definition) is 6. The van der Waals surface area contributed by atoms with Gasteiger partial charge in [-0.1, -0.05) is 5.16 Å². The van der Waals surface area contributed by atoms with Crippen LogP contribution in [0.1, 0.15) is 34.2 Å². The second-order valence-corrected chi connectivity index (χ2v) is 4.54. The van der Waals surface area contributed by atoms with E-state index < -0.39 is 0 Å². The van der Waals surface area contributed by atoms with Crippen LogP contribution in [0.15, 0.2) is 16.0 Å². The van der Waals surface area contributed by atoms with E-state index in [1.54, 1.807) is 18.4 Å². The molecule has 0 aliphatic heterocycles. The topological polar surface area (TPSA) is 94.0 Å². The lowest BCUT2D eigenvalue weighted by Crippen LogP contribution is -2.12. The van der Waals surface area contributed by atoms with Crippen LogP contribution in [0.4, 0.5) is 5.88 Å². The predicted molar refractivity (Wildman–Crippen MR) is 63.9 cm³/mol. The van der Waals surface area contributed by atoms with Gasteiger partial charge in [-0.2, -0.15) is 0 Å². The molecule has 0 fully saturated rings. The van der Waals surface area contributed by atoms with E-state index in [-0.39, 0.29) is 11.9 Å². The zero-order chi connectivity index (χ0) is 12.4. The van der Waals surface area contributed by atoms with Gasteiger partial charge in [0.05, 0.1) is 11.7 Å². The quantitative estimate of drug-likeness (QED) is 0.867. The third kappa shape index (κ3) is 2.69. The number of carbonyl (C=O) groups is 1. The molecule has 2 heterocycles. The summed E-state index contributed by atoms with van der Waals surface area (Å²) >= 11 is 1.36. The summed E-state index contributed by atoms with van der Waals surface area (Å²) < 4.78 is 4.88. The second-order valence-electron chi connectivity index (χ2n) is 3.65. The van der Waals surface area contributed by atoms with Crippen LogP contribution in [-0.4, -0.2) is 16.0 Å². The molecule has 2 aromatic heterocycles. The molecule has 17 heavy (non-hydrogen) atoms. The fourth-order valence-electron chi connectivity index (χ4n) is 1.20. The lowest BCUT2D eigenvalue weighted by atomic mass is 10.4. The minimum absolute atomic E-state index is 0.172. The third-order valence-corrected chi connectivity index (χ3v) is 3.05. The van der Waals surface area contributed by atoms with Gasteiger partial charge in [-0.05, 0) is 13.8 Å². The van der Waals surface area contributed by atoms with Crippen molar-refractivity contribution in [3.05, 3.63) is 27.8 Å². The number of amides is 1. The average molecular weight is 252 g/mol. The Hall–Kier alpha value is -1.73. The Kier molecular flexibility index (Phi) is 3.21. The average Bonchev–Trinajstić information content (AvgIpc) is 2.86. The molecule has 0 aromatic carbocycles. The highest BCUT2D eigenvalue weighted by Gasteiger charge is 2.14. The van der Waals surface area contributed by atoms with Gasteiger partial charge in [-0.3, -0.25) is 10.1 Å². The molecule has 2 aromatic rings. The molecule has 1 atom stereocenters. The summed E-state index contributed by atoms with van der Waals surface area (Å²) in [5, 5.41) is 8.63. The van der Waals surface area contributed by atoms with E-state index in [1.807, 2.05) is 6.92 Å². The zero-order valence-electron chi connectivity index (χ0n) is 9.43. The van der Waals surface area contributed by atoms with Crippen molar-refractivity contribution in [2.45, 2.75) is 19.9 Å². The highest BCUT2D eigenvalue weighted by Crippen LogP contribution is 2.17. The van der Waals surface area contributed by atoms with E-state index >= 15 is 0 Å². The molecule has 6 nitrogen and oxygen atoms in total. The van der Waals surface area contributed by atoms with Crippen molar-refractivity contribution >= 4 is 23.1 Å². The Morgan fingerprint density at radius 1 is 1.65 bits per heavy atom. The van der Waals surface area contributed by atoms with Crippen molar-refractivity contribution in [1.29, 1.82) is 0 Å². The number of hydrogen-bond donors (Lipinski definition) is 2. The number of thiazole rings is 1. The first kappa shape index (κ1) is 11.7. The Morgan fingerprint density at radius 2 is 2.41 bits per heavy atom. The van der Waals surface area contributed by atoms with Crippen LogP contribution in [0, 0.1) is 6.92 Å². The van der Waals surface area contributed by atoms with Gasteiger partial charge in [0.1, 0.15) is 10.7 Å². The minimum Gasteiger partial charge on any atom is -0.338 e. The molecule has 0 saturated heterocycles. The summed E-state index contributed by atoms with van der Waals surface area (Å²) in [6, 6.07) is 1.46. The van der Waals surface area contributed by atoms with Gasteiger partial charge in [-0.15, -0.1) is 11.3 Å². The van der Waals surface area contributed by atoms with Crippen LogP contribution >= 0.6 is 11.3 Å². The van der Waals surface area contributed by atoms with Crippen LogP contribution < -0.4 is 11.1 Å². The van der Waals surface area contributed by atoms with Gasteiger partial charge in [0.25, 0.3) is 5.91 Å². The van der Waals surface area contributed by atoms with Crippen LogP contribution in [0.2, 0.25) is 0 Å². The molecule has 7 heteroatoms.